The van der Waals surface area contributed by atoms with Gasteiger partial charge in [0.15, 0.2) is 0 Å². The van der Waals surface area contributed by atoms with Crippen LogP contribution in [0.5, 0.6) is 0 Å². The Morgan fingerprint density at radius 1 is 1.44 bits per heavy atom. The number of nitrogens with one attached hydrogen (secondary N) is 1. The van der Waals surface area contributed by atoms with Crippen molar-refractivity contribution in [2.24, 2.45) is 0 Å². The Morgan fingerprint density at radius 2 is 2.11 bits per heavy atom. The molecule has 1 aromatic heterocycles. The van der Waals surface area contributed by atoms with E-state index in [1.807, 2.05) is 6.07 Å². The number of aryl methyl sites for hydroxylation is 1. The third-order valence-corrected chi connectivity index (χ3v) is 2.27. The molecule has 7 heteroatoms. The van der Waals surface area contributed by atoms with E-state index in [4.69, 9.17) is 5.26 Å². The minimum Gasteiger partial charge on any atom is -0.351 e. The van der Waals surface area contributed by atoms with Gasteiger partial charge in [0, 0.05) is 11.7 Å². The summed E-state index contributed by atoms with van der Waals surface area (Å²) in [6.45, 7) is 3.29. The van der Waals surface area contributed by atoms with Gasteiger partial charge in [0.1, 0.15) is 11.8 Å². The first kappa shape index (κ1) is 14.2. The zero-order valence-corrected chi connectivity index (χ0v) is 10.0. The summed E-state index contributed by atoms with van der Waals surface area (Å²) in [5.74, 6) is 0.0580. The van der Waals surface area contributed by atoms with E-state index in [1.54, 1.807) is 13.8 Å². The second-order valence-corrected chi connectivity index (χ2v) is 3.90. The fourth-order valence-electron chi connectivity index (χ4n) is 1.45. The largest absolute Gasteiger partial charge is 0.391 e. The van der Waals surface area contributed by atoms with Gasteiger partial charge in [-0.25, -0.2) is 9.97 Å². The van der Waals surface area contributed by atoms with Crippen LogP contribution in [0, 0.1) is 18.3 Å². The van der Waals surface area contributed by atoms with Crippen LogP contribution >= 0.6 is 0 Å². The Morgan fingerprint density at radius 3 is 2.61 bits per heavy atom. The molecule has 0 aliphatic rings. The van der Waals surface area contributed by atoms with Crippen molar-refractivity contribution in [1.29, 1.82) is 5.26 Å². The summed E-state index contributed by atoms with van der Waals surface area (Å²) in [6.07, 6.45) is -4.91. The standard InChI is InChI=1S/C11H13F3N4/c1-3-8(5-11(12,13)14)17-10-16-7(2)4-9(6-15)18-10/h4,8H,3,5H2,1-2H3,(H,16,17,18). The van der Waals surface area contributed by atoms with Crippen molar-refractivity contribution >= 4 is 5.95 Å². The second kappa shape index (κ2) is 5.67. The van der Waals surface area contributed by atoms with Gasteiger partial charge in [0.25, 0.3) is 0 Å². The average Bonchev–Trinajstić information content (AvgIpc) is 2.25. The summed E-state index contributed by atoms with van der Waals surface area (Å²) >= 11 is 0. The predicted molar refractivity (Wildman–Crippen MR) is 59.9 cm³/mol. The molecule has 1 rings (SSSR count). The highest BCUT2D eigenvalue weighted by molar-refractivity contribution is 5.33. The normalized spacial score (nSPS) is 12.9. The monoisotopic (exact) mass is 258 g/mol. The molecule has 0 bridgehead atoms. The highest BCUT2D eigenvalue weighted by atomic mass is 19.4. The molecule has 4 nitrogen and oxygen atoms in total. The van der Waals surface area contributed by atoms with Crippen molar-refractivity contribution in [3.63, 3.8) is 0 Å². The maximum absolute atomic E-state index is 12.3. The van der Waals surface area contributed by atoms with Gasteiger partial charge in [-0.15, -0.1) is 0 Å². The Labute approximate surface area is 103 Å². The first-order chi connectivity index (χ1) is 8.34. The van der Waals surface area contributed by atoms with Gasteiger partial charge < -0.3 is 5.32 Å². The Hall–Kier alpha value is -1.84. The summed E-state index contributed by atoms with van der Waals surface area (Å²) < 4.78 is 36.9. The third kappa shape index (κ3) is 4.57. The summed E-state index contributed by atoms with van der Waals surface area (Å²) in [4.78, 5) is 7.78. The molecule has 0 aliphatic heterocycles. The number of aromatic nitrogens is 2. The lowest BCUT2D eigenvalue weighted by atomic mass is 10.1. The lowest BCUT2D eigenvalue weighted by Gasteiger charge is -2.18. The Balaban J connectivity index is 2.82. The summed E-state index contributed by atoms with van der Waals surface area (Å²) in [5, 5.41) is 11.3. The van der Waals surface area contributed by atoms with Crippen LogP contribution in [0.3, 0.4) is 0 Å². The van der Waals surface area contributed by atoms with Crippen LogP contribution in [0.15, 0.2) is 6.07 Å². The number of hydrogen-bond donors (Lipinski definition) is 1. The van der Waals surface area contributed by atoms with Crippen LogP contribution in [0.25, 0.3) is 0 Å². The zero-order valence-electron chi connectivity index (χ0n) is 10.0. The van der Waals surface area contributed by atoms with Crippen LogP contribution in [-0.4, -0.2) is 22.2 Å². The molecule has 98 valence electrons. The molecule has 1 atom stereocenters. The molecule has 0 spiro atoms. The first-order valence-corrected chi connectivity index (χ1v) is 5.43. The topological polar surface area (TPSA) is 61.6 Å². The molecule has 0 fully saturated rings. The van der Waals surface area contributed by atoms with E-state index in [1.165, 1.54) is 6.07 Å². The van der Waals surface area contributed by atoms with E-state index in [0.29, 0.717) is 12.1 Å². The van der Waals surface area contributed by atoms with Gasteiger partial charge in [-0.1, -0.05) is 6.92 Å². The molecule has 0 aliphatic carbocycles. The fraction of sp³-hybridized carbons (Fsp3) is 0.545. The van der Waals surface area contributed by atoms with Crippen LogP contribution in [0.1, 0.15) is 31.2 Å². The maximum Gasteiger partial charge on any atom is 0.391 e. The summed E-state index contributed by atoms with van der Waals surface area (Å²) in [7, 11) is 0. The number of anilines is 1. The Kier molecular flexibility index (Phi) is 4.48. The smallest absolute Gasteiger partial charge is 0.351 e. The number of nitriles is 1. The van der Waals surface area contributed by atoms with Crippen LogP contribution < -0.4 is 5.32 Å². The molecule has 0 aromatic carbocycles. The van der Waals surface area contributed by atoms with Crippen molar-refractivity contribution in [2.45, 2.75) is 38.9 Å². The number of rotatable bonds is 4. The molecule has 0 amide bonds. The Bertz CT molecular complexity index is 451. The molecular formula is C11H13F3N4. The van der Waals surface area contributed by atoms with Crippen molar-refractivity contribution in [3.05, 3.63) is 17.5 Å². The van der Waals surface area contributed by atoms with Crippen LogP contribution in [0.4, 0.5) is 19.1 Å². The van der Waals surface area contributed by atoms with E-state index in [2.05, 4.69) is 15.3 Å². The number of hydrogen-bond acceptors (Lipinski definition) is 4. The molecular weight excluding hydrogens is 245 g/mol. The minimum atomic E-state index is -4.24. The number of alkyl halides is 3. The van der Waals surface area contributed by atoms with Gasteiger partial charge in [-0.3, -0.25) is 0 Å². The lowest BCUT2D eigenvalue weighted by molar-refractivity contribution is -0.137. The van der Waals surface area contributed by atoms with Crippen molar-refractivity contribution in [1.82, 2.24) is 9.97 Å². The van der Waals surface area contributed by atoms with Crippen molar-refractivity contribution in [3.8, 4) is 6.07 Å². The molecule has 1 unspecified atom stereocenters. The number of halogens is 3. The highest BCUT2D eigenvalue weighted by Crippen LogP contribution is 2.24. The highest BCUT2D eigenvalue weighted by Gasteiger charge is 2.31. The second-order valence-electron chi connectivity index (χ2n) is 3.90. The number of nitrogens with zero attached hydrogens (tertiary/aromatic N) is 3. The zero-order chi connectivity index (χ0) is 13.8. The first-order valence-electron chi connectivity index (χ1n) is 5.43. The van der Waals surface area contributed by atoms with E-state index >= 15 is 0 Å². The minimum absolute atomic E-state index is 0.0580. The van der Waals surface area contributed by atoms with Gasteiger partial charge in [-0.05, 0) is 19.4 Å². The molecule has 1 aromatic rings. The van der Waals surface area contributed by atoms with Gasteiger partial charge in [0.2, 0.25) is 5.95 Å². The summed E-state index contributed by atoms with van der Waals surface area (Å²) in [5.41, 5.74) is 0.665. The molecule has 1 heterocycles. The molecule has 0 saturated carbocycles. The van der Waals surface area contributed by atoms with Gasteiger partial charge in [0.05, 0.1) is 6.42 Å². The van der Waals surface area contributed by atoms with E-state index < -0.39 is 18.6 Å². The van der Waals surface area contributed by atoms with Gasteiger partial charge in [-0.2, -0.15) is 18.4 Å². The third-order valence-electron chi connectivity index (χ3n) is 2.27. The quantitative estimate of drug-likeness (QED) is 0.902. The maximum atomic E-state index is 12.3. The van der Waals surface area contributed by atoms with Gasteiger partial charge >= 0.3 is 6.18 Å². The van der Waals surface area contributed by atoms with E-state index in [0.717, 1.165) is 0 Å². The lowest BCUT2D eigenvalue weighted by Crippen LogP contribution is -2.27. The predicted octanol–water partition coefficient (Wildman–Crippen LogP) is 2.80. The fourth-order valence-corrected chi connectivity index (χ4v) is 1.45. The van der Waals surface area contributed by atoms with E-state index in [-0.39, 0.29) is 11.6 Å². The van der Waals surface area contributed by atoms with Crippen LogP contribution in [-0.2, 0) is 0 Å². The molecule has 0 saturated heterocycles. The van der Waals surface area contributed by atoms with Crippen molar-refractivity contribution in [2.75, 3.05) is 5.32 Å². The molecule has 1 N–H and O–H groups in total. The van der Waals surface area contributed by atoms with Crippen LogP contribution in [0.2, 0.25) is 0 Å². The average molecular weight is 258 g/mol. The summed E-state index contributed by atoms with van der Waals surface area (Å²) in [6, 6.07) is 2.51. The SMILES string of the molecule is CCC(CC(F)(F)F)Nc1nc(C)cc(C#N)n1. The van der Waals surface area contributed by atoms with Crippen molar-refractivity contribution < 1.29 is 13.2 Å². The van der Waals surface area contributed by atoms with E-state index in [9.17, 15) is 13.2 Å². The molecule has 18 heavy (non-hydrogen) atoms. The molecule has 0 radical (unpaired) electrons.